The number of nitrogens with one attached hydrogen (secondary N) is 2. The second-order valence-corrected chi connectivity index (χ2v) is 11.5. The average Bonchev–Trinajstić information content (AvgIpc) is 3.56. The van der Waals surface area contributed by atoms with E-state index in [-0.39, 0.29) is 23.8 Å². The monoisotopic (exact) mass is 542 g/mol. The maximum absolute atomic E-state index is 14.1. The lowest BCUT2D eigenvalue weighted by Crippen LogP contribution is -2.57. The molecule has 3 saturated heterocycles. The number of halogens is 1. The normalized spacial score (nSPS) is 33.0. The van der Waals surface area contributed by atoms with Crippen LogP contribution in [-0.2, 0) is 23.9 Å². The molecule has 6 rings (SSSR count). The summed E-state index contributed by atoms with van der Waals surface area (Å²) in [5, 5.41) is 6.66. The lowest BCUT2D eigenvalue weighted by Gasteiger charge is -2.35. The van der Waals surface area contributed by atoms with Crippen LogP contribution in [0.4, 0.5) is 5.69 Å². The van der Waals surface area contributed by atoms with Crippen LogP contribution in [0.25, 0.3) is 0 Å². The van der Waals surface area contributed by atoms with Crippen LogP contribution >= 0.6 is 11.6 Å². The summed E-state index contributed by atoms with van der Waals surface area (Å²) in [6.07, 6.45) is 8.40. The van der Waals surface area contributed by atoms with Gasteiger partial charge in [0.25, 0.3) is 0 Å². The van der Waals surface area contributed by atoms with E-state index in [0.29, 0.717) is 37.0 Å². The summed E-state index contributed by atoms with van der Waals surface area (Å²) in [7, 11) is 0. The molecule has 4 aliphatic heterocycles. The van der Waals surface area contributed by atoms with Crippen LogP contribution in [0.1, 0.15) is 32.1 Å². The number of carbonyl (C=O) groups is 3. The van der Waals surface area contributed by atoms with Crippen molar-refractivity contribution in [2.24, 2.45) is 11.8 Å². The average molecular weight is 543 g/mol. The summed E-state index contributed by atoms with van der Waals surface area (Å²) in [5.41, 5.74) is -0.591. The first-order chi connectivity index (χ1) is 18.5. The second kappa shape index (κ2) is 10.6. The van der Waals surface area contributed by atoms with Crippen LogP contribution in [0, 0.1) is 11.8 Å². The zero-order chi connectivity index (χ0) is 26.3. The van der Waals surface area contributed by atoms with Gasteiger partial charge < -0.3 is 25.0 Å². The molecule has 38 heavy (non-hydrogen) atoms. The van der Waals surface area contributed by atoms with E-state index in [2.05, 4.69) is 15.5 Å². The Hall–Kier alpha value is -2.46. The van der Waals surface area contributed by atoms with Crippen molar-refractivity contribution in [2.45, 2.75) is 55.9 Å². The summed E-state index contributed by atoms with van der Waals surface area (Å²) in [6.45, 7) is 3.93. The molecular weight excluding hydrogens is 508 g/mol. The van der Waals surface area contributed by atoms with Crippen LogP contribution in [0.15, 0.2) is 36.4 Å². The van der Waals surface area contributed by atoms with Crippen LogP contribution in [0.5, 0.6) is 0 Å². The lowest BCUT2D eigenvalue weighted by molar-refractivity contribution is -0.141. The zero-order valence-corrected chi connectivity index (χ0v) is 22.2. The van der Waals surface area contributed by atoms with E-state index in [0.717, 1.165) is 38.8 Å². The third kappa shape index (κ3) is 4.63. The minimum atomic E-state index is -1.15. The Morgan fingerprint density at radius 3 is 2.63 bits per heavy atom. The van der Waals surface area contributed by atoms with E-state index < -0.39 is 29.6 Å². The highest BCUT2D eigenvalue weighted by atomic mass is 35.5. The van der Waals surface area contributed by atoms with Gasteiger partial charge >= 0.3 is 0 Å². The Labute approximate surface area is 227 Å². The summed E-state index contributed by atoms with van der Waals surface area (Å²) >= 11 is 6.11. The molecule has 3 amide bonds. The third-order valence-electron chi connectivity index (χ3n) is 8.73. The maximum atomic E-state index is 14.1. The Balaban J connectivity index is 1.27. The Bertz CT molecular complexity index is 1120. The van der Waals surface area contributed by atoms with E-state index in [1.165, 1.54) is 6.42 Å². The Kier molecular flexibility index (Phi) is 7.20. The molecule has 1 aromatic carbocycles. The third-order valence-corrected chi connectivity index (χ3v) is 8.96. The van der Waals surface area contributed by atoms with Gasteiger partial charge in [-0.05, 0) is 31.0 Å². The molecular formula is C28H35ClN4O5. The number of anilines is 1. The van der Waals surface area contributed by atoms with E-state index in [4.69, 9.17) is 21.1 Å². The minimum Gasteiger partial charge on any atom is -0.379 e. The van der Waals surface area contributed by atoms with Crippen LogP contribution < -0.4 is 10.6 Å². The van der Waals surface area contributed by atoms with Crippen LogP contribution in [-0.4, -0.2) is 90.7 Å². The molecule has 4 fully saturated rings. The van der Waals surface area contributed by atoms with Gasteiger partial charge in [-0.2, -0.15) is 0 Å². The number of ether oxygens (including phenoxy) is 2. The van der Waals surface area contributed by atoms with Crippen molar-refractivity contribution in [1.82, 2.24) is 15.1 Å². The van der Waals surface area contributed by atoms with Gasteiger partial charge in [0.1, 0.15) is 11.6 Å². The van der Waals surface area contributed by atoms with Gasteiger partial charge in [0, 0.05) is 42.9 Å². The van der Waals surface area contributed by atoms with Crippen LogP contribution in [0.3, 0.4) is 0 Å². The first-order valence-electron chi connectivity index (χ1n) is 13.8. The largest absolute Gasteiger partial charge is 0.379 e. The fourth-order valence-corrected chi connectivity index (χ4v) is 7.09. The number of fused-ring (bicyclic) bond motifs is 1. The number of morpholine rings is 1. The molecule has 9 nitrogen and oxygen atoms in total. The Morgan fingerprint density at radius 2 is 1.87 bits per heavy atom. The van der Waals surface area contributed by atoms with Gasteiger partial charge in [-0.1, -0.05) is 49.1 Å². The molecule has 0 radical (unpaired) electrons. The lowest BCUT2D eigenvalue weighted by atomic mass is 9.74. The molecule has 1 aromatic rings. The number of carbonyl (C=O) groups excluding carboxylic acids is 3. The number of nitrogens with zero attached hydrogens (tertiary/aromatic N) is 2. The van der Waals surface area contributed by atoms with E-state index >= 15 is 0 Å². The van der Waals surface area contributed by atoms with Crippen molar-refractivity contribution in [2.75, 3.05) is 44.7 Å². The number of hydrogen-bond acceptors (Lipinski definition) is 6. The molecule has 1 aliphatic carbocycles. The SMILES string of the molecule is O=C(Nc1cccc(Cl)c1)[C@H]1[C@H]2C=C[C@@]3(O2)[C@H]1C(=O)N(CCN1CCOCC1)[C@@H]3C(=O)NC1CCCCC1. The van der Waals surface area contributed by atoms with E-state index in [9.17, 15) is 14.4 Å². The van der Waals surface area contributed by atoms with Crippen molar-refractivity contribution >= 4 is 35.0 Å². The van der Waals surface area contributed by atoms with Gasteiger partial charge in [0.05, 0.1) is 31.2 Å². The second-order valence-electron chi connectivity index (χ2n) is 11.0. The van der Waals surface area contributed by atoms with Crippen molar-refractivity contribution in [1.29, 1.82) is 0 Å². The predicted molar refractivity (Wildman–Crippen MR) is 142 cm³/mol. The molecule has 204 valence electrons. The van der Waals surface area contributed by atoms with Crippen LogP contribution in [0.2, 0.25) is 5.02 Å². The standard InChI is InChI=1S/C28H35ClN4O5/c29-18-5-4-8-20(17-18)31-25(34)22-21-9-10-28(38-21)23(22)27(36)33(12-11-32-13-15-37-16-14-32)24(28)26(35)30-19-6-2-1-3-7-19/h4-5,8-10,17,19,21-24H,1-3,6-7,11-16H2,(H,30,35)(H,31,34)/t21-,22+,23-,24-,28-/m1/s1. The first-order valence-corrected chi connectivity index (χ1v) is 14.2. The number of rotatable bonds is 7. The molecule has 10 heteroatoms. The molecule has 5 aliphatic rings. The Morgan fingerprint density at radius 1 is 1.08 bits per heavy atom. The van der Waals surface area contributed by atoms with Gasteiger partial charge in [0.15, 0.2) is 0 Å². The first kappa shape index (κ1) is 25.8. The van der Waals surface area contributed by atoms with Crippen molar-refractivity contribution < 1.29 is 23.9 Å². The molecule has 1 saturated carbocycles. The molecule has 0 aromatic heterocycles. The number of benzene rings is 1. The molecule has 4 heterocycles. The molecule has 2 N–H and O–H groups in total. The highest BCUT2D eigenvalue weighted by Gasteiger charge is 2.72. The highest BCUT2D eigenvalue weighted by molar-refractivity contribution is 6.30. The molecule has 5 atom stereocenters. The summed E-state index contributed by atoms with van der Waals surface area (Å²) in [4.78, 5) is 45.4. The van der Waals surface area contributed by atoms with Gasteiger partial charge in [0.2, 0.25) is 17.7 Å². The number of amides is 3. The molecule has 1 spiro atoms. The van der Waals surface area contributed by atoms with Gasteiger partial charge in [-0.3, -0.25) is 19.3 Å². The minimum absolute atomic E-state index is 0.104. The number of likely N-dealkylation sites (tertiary alicyclic amines) is 1. The van der Waals surface area contributed by atoms with Gasteiger partial charge in [-0.15, -0.1) is 0 Å². The maximum Gasteiger partial charge on any atom is 0.246 e. The quantitative estimate of drug-likeness (QED) is 0.513. The highest BCUT2D eigenvalue weighted by Crippen LogP contribution is 2.55. The number of hydrogen-bond donors (Lipinski definition) is 2. The fourth-order valence-electron chi connectivity index (χ4n) is 6.90. The molecule has 2 bridgehead atoms. The van der Waals surface area contributed by atoms with E-state index in [1.54, 1.807) is 29.2 Å². The van der Waals surface area contributed by atoms with Crippen molar-refractivity contribution in [3.05, 3.63) is 41.4 Å². The topological polar surface area (TPSA) is 100 Å². The summed E-state index contributed by atoms with van der Waals surface area (Å²) in [6, 6.07) is 6.22. The summed E-state index contributed by atoms with van der Waals surface area (Å²) in [5.74, 6) is -2.17. The molecule has 0 unspecified atom stereocenters. The smallest absolute Gasteiger partial charge is 0.246 e. The van der Waals surface area contributed by atoms with Crippen molar-refractivity contribution in [3.63, 3.8) is 0 Å². The summed E-state index contributed by atoms with van der Waals surface area (Å²) < 4.78 is 11.9. The van der Waals surface area contributed by atoms with Gasteiger partial charge in [-0.25, -0.2) is 0 Å². The fraction of sp³-hybridized carbons (Fsp3) is 0.607. The zero-order valence-electron chi connectivity index (χ0n) is 21.4. The predicted octanol–water partition coefficient (Wildman–Crippen LogP) is 2.21. The van der Waals surface area contributed by atoms with E-state index in [1.807, 2.05) is 12.2 Å². The van der Waals surface area contributed by atoms with Crippen molar-refractivity contribution in [3.8, 4) is 0 Å².